The number of carbonyl (C=O) groups excluding carboxylic acids is 1. The summed E-state index contributed by atoms with van der Waals surface area (Å²) in [6.45, 7) is 0.578. The summed E-state index contributed by atoms with van der Waals surface area (Å²) in [6, 6.07) is 14.9. The molecule has 0 unspecified atom stereocenters. The van der Waals surface area contributed by atoms with Crippen LogP contribution in [0.1, 0.15) is 42.4 Å². The van der Waals surface area contributed by atoms with Crippen LogP contribution >= 0.6 is 0 Å². The van der Waals surface area contributed by atoms with Crippen LogP contribution in [0.5, 0.6) is 0 Å². The highest BCUT2D eigenvalue weighted by Gasteiger charge is 2.28. The number of fused-ring (bicyclic) bond motifs is 1. The number of pyridine rings is 3. The van der Waals surface area contributed by atoms with E-state index in [4.69, 9.17) is 4.74 Å². The van der Waals surface area contributed by atoms with Gasteiger partial charge in [0.15, 0.2) is 0 Å². The molecule has 214 valence electrons. The van der Waals surface area contributed by atoms with Gasteiger partial charge in [0.2, 0.25) is 18.3 Å². The number of carbonyl (C=O) groups is 1. The van der Waals surface area contributed by atoms with Crippen molar-refractivity contribution in [2.75, 3.05) is 11.9 Å². The Kier molecular flexibility index (Phi) is 7.66. The van der Waals surface area contributed by atoms with Crippen LogP contribution in [0, 0.1) is 11.8 Å². The monoisotopic (exact) mass is 575 g/mol. The zero-order chi connectivity index (χ0) is 29.2. The maximum absolute atomic E-state index is 14.9. The lowest BCUT2D eigenvalue weighted by Gasteiger charge is -2.17. The smallest absolute Gasteiger partial charge is 0.239 e. The number of benzene rings is 1. The number of amides is 1. The second-order valence-corrected chi connectivity index (χ2v) is 10.00. The molecule has 2 N–H and O–H groups in total. The van der Waals surface area contributed by atoms with Crippen LogP contribution in [0.25, 0.3) is 33.5 Å². The number of rotatable bonds is 8. The molecule has 7 nitrogen and oxygen atoms in total. The Bertz CT molecular complexity index is 1720. The molecule has 4 aromatic heterocycles. The van der Waals surface area contributed by atoms with E-state index in [1.54, 1.807) is 30.5 Å². The molecule has 1 fully saturated rings. The Labute approximate surface area is 238 Å². The molecule has 5 heterocycles. The van der Waals surface area contributed by atoms with E-state index < -0.39 is 36.4 Å². The van der Waals surface area contributed by atoms with E-state index in [0.29, 0.717) is 45.7 Å². The third-order valence-corrected chi connectivity index (χ3v) is 7.26. The zero-order valence-electron chi connectivity index (χ0n) is 22.2. The molecule has 11 heteroatoms. The number of H-pyrrole nitrogens is 1. The first-order valence-electron chi connectivity index (χ1n) is 13.4. The van der Waals surface area contributed by atoms with Crippen LogP contribution in [0.2, 0.25) is 0 Å². The first-order valence-corrected chi connectivity index (χ1v) is 13.4. The molecule has 2 atom stereocenters. The SMILES string of the molecule is O=C(Nc1cc(-c2[nH]c3c([C@@H]4CCCO4)cc(F)nc3c2-c2ccccn2)ccn1)[C@@H](CC(F)F)c1ccc(F)cc1. The molecule has 1 amide bonds. The third kappa shape index (κ3) is 5.60. The Balaban J connectivity index is 1.41. The van der Waals surface area contributed by atoms with Crippen molar-refractivity contribution in [1.82, 2.24) is 19.9 Å². The summed E-state index contributed by atoms with van der Waals surface area (Å²) in [5.74, 6) is -3.01. The number of anilines is 1. The number of nitrogens with zero attached hydrogens (tertiary/aromatic N) is 3. The molecule has 42 heavy (non-hydrogen) atoms. The molecule has 1 saturated heterocycles. The maximum Gasteiger partial charge on any atom is 0.239 e. The summed E-state index contributed by atoms with van der Waals surface area (Å²) in [5, 5.41) is 2.63. The topological polar surface area (TPSA) is 92.8 Å². The first-order chi connectivity index (χ1) is 20.4. The van der Waals surface area contributed by atoms with Gasteiger partial charge in [-0.3, -0.25) is 9.78 Å². The summed E-state index contributed by atoms with van der Waals surface area (Å²) < 4.78 is 60.9. The van der Waals surface area contributed by atoms with E-state index >= 15 is 0 Å². The largest absolute Gasteiger partial charge is 0.373 e. The van der Waals surface area contributed by atoms with Crippen LogP contribution < -0.4 is 5.32 Å². The molecule has 0 radical (unpaired) electrons. The van der Waals surface area contributed by atoms with Gasteiger partial charge in [-0.1, -0.05) is 18.2 Å². The fraction of sp³-hybridized carbons (Fsp3) is 0.226. The quantitative estimate of drug-likeness (QED) is 0.151. The minimum atomic E-state index is -2.76. The molecule has 1 aromatic carbocycles. The van der Waals surface area contributed by atoms with Gasteiger partial charge in [-0.25, -0.2) is 23.1 Å². The minimum Gasteiger partial charge on any atom is -0.373 e. The lowest BCUT2D eigenvalue weighted by atomic mass is 9.95. The van der Waals surface area contributed by atoms with Crippen LogP contribution in [-0.2, 0) is 9.53 Å². The minimum absolute atomic E-state index is 0.114. The van der Waals surface area contributed by atoms with Crippen molar-refractivity contribution in [1.29, 1.82) is 0 Å². The molecule has 0 spiro atoms. The highest BCUT2D eigenvalue weighted by Crippen LogP contribution is 2.41. The van der Waals surface area contributed by atoms with Crippen LogP contribution in [-0.4, -0.2) is 38.9 Å². The Hall–Kier alpha value is -4.64. The Morgan fingerprint density at radius 2 is 1.88 bits per heavy atom. The van der Waals surface area contributed by atoms with Crippen molar-refractivity contribution in [3.63, 3.8) is 0 Å². The Morgan fingerprint density at radius 3 is 2.60 bits per heavy atom. The maximum atomic E-state index is 14.9. The van der Waals surface area contributed by atoms with E-state index in [1.165, 1.54) is 24.4 Å². The average molecular weight is 576 g/mol. The van der Waals surface area contributed by atoms with Gasteiger partial charge in [-0.15, -0.1) is 0 Å². The number of halogens is 4. The predicted molar refractivity (Wildman–Crippen MR) is 149 cm³/mol. The lowest BCUT2D eigenvalue weighted by molar-refractivity contribution is -0.118. The normalized spacial score (nSPS) is 15.8. The first kappa shape index (κ1) is 27.5. The number of aromatic nitrogens is 4. The van der Waals surface area contributed by atoms with E-state index in [1.807, 2.05) is 6.07 Å². The summed E-state index contributed by atoms with van der Waals surface area (Å²) in [6.07, 6.45) is 0.885. The standard InChI is InChI=1S/C31H25F4N5O2/c32-19-8-6-17(7-9-19)20(15-24(33)34)31(41)39-26-14-18(10-12-37-26)28-27(22-4-1-2-11-36-22)30-29(40-28)21(16-25(35)38-30)23-5-3-13-42-23/h1-2,4,6-12,14,16,20,23-24,40H,3,5,13,15H2,(H,37,39,41)/t20-,23-/m0/s1. The van der Waals surface area contributed by atoms with Crippen LogP contribution in [0.3, 0.4) is 0 Å². The number of aromatic amines is 1. The van der Waals surface area contributed by atoms with E-state index in [9.17, 15) is 22.4 Å². The van der Waals surface area contributed by atoms with Crippen molar-refractivity contribution >= 4 is 22.8 Å². The molecule has 0 aliphatic carbocycles. The number of alkyl halides is 2. The van der Waals surface area contributed by atoms with Crippen molar-refractivity contribution in [2.24, 2.45) is 0 Å². The zero-order valence-corrected chi connectivity index (χ0v) is 22.2. The van der Waals surface area contributed by atoms with Crippen molar-refractivity contribution in [3.05, 3.63) is 95.9 Å². The summed E-state index contributed by atoms with van der Waals surface area (Å²) in [5.41, 5.74) is 4.12. The van der Waals surface area contributed by atoms with Gasteiger partial charge in [0.25, 0.3) is 0 Å². The van der Waals surface area contributed by atoms with Gasteiger partial charge in [0.05, 0.1) is 34.5 Å². The van der Waals surface area contributed by atoms with Crippen LogP contribution in [0.4, 0.5) is 23.4 Å². The number of ether oxygens (including phenoxy) is 1. The van der Waals surface area contributed by atoms with Gasteiger partial charge in [-0.2, -0.15) is 4.39 Å². The van der Waals surface area contributed by atoms with Crippen molar-refractivity contribution < 1.29 is 27.1 Å². The average Bonchev–Trinajstić information content (AvgIpc) is 3.65. The Morgan fingerprint density at radius 1 is 1.05 bits per heavy atom. The van der Waals surface area contributed by atoms with Crippen LogP contribution in [0.15, 0.2) is 73.1 Å². The van der Waals surface area contributed by atoms with E-state index in [2.05, 4.69) is 25.3 Å². The molecular formula is C31H25F4N5O2. The fourth-order valence-electron chi connectivity index (χ4n) is 5.34. The molecule has 1 aliphatic rings. The number of hydrogen-bond donors (Lipinski definition) is 2. The van der Waals surface area contributed by atoms with Crippen molar-refractivity contribution in [2.45, 2.75) is 37.7 Å². The molecule has 0 bridgehead atoms. The molecule has 6 rings (SSSR count). The predicted octanol–water partition coefficient (Wildman–Crippen LogP) is 7.19. The van der Waals surface area contributed by atoms with Gasteiger partial charge in [-0.05, 0) is 54.8 Å². The lowest BCUT2D eigenvalue weighted by Crippen LogP contribution is -2.23. The summed E-state index contributed by atoms with van der Waals surface area (Å²) >= 11 is 0. The fourth-order valence-corrected chi connectivity index (χ4v) is 5.34. The van der Waals surface area contributed by atoms with Gasteiger partial charge in [0.1, 0.15) is 17.2 Å². The molecule has 5 aromatic rings. The highest BCUT2D eigenvalue weighted by atomic mass is 19.3. The summed E-state index contributed by atoms with van der Waals surface area (Å²) in [4.78, 5) is 29.5. The third-order valence-electron chi connectivity index (χ3n) is 7.26. The summed E-state index contributed by atoms with van der Waals surface area (Å²) in [7, 11) is 0. The van der Waals surface area contributed by atoms with Gasteiger partial charge < -0.3 is 15.0 Å². The second kappa shape index (κ2) is 11.7. The highest BCUT2D eigenvalue weighted by molar-refractivity contribution is 6.02. The molecular weight excluding hydrogens is 550 g/mol. The second-order valence-electron chi connectivity index (χ2n) is 10.00. The number of hydrogen-bond acceptors (Lipinski definition) is 5. The van der Waals surface area contributed by atoms with Gasteiger partial charge >= 0.3 is 0 Å². The number of nitrogens with one attached hydrogen (secondary N) is 2. The van der Waals surface area contributed by atoms with Gasteiger partial charge in [0, 0.05) is 42.6 Å². The molecule has 1 aliphatic heterocycles. The van der Waals surface area contributed by atoms with Crippen molar-refractivity contribution in [3.8, 4) is 22.5 Å². The molecule has 0 saturated carbocycles. The van der Waals surface area contributed by atoms with E-state index in [0.717, 1.165) is 25.0 Å². The van der Waals surface area contributed by atoms with E-state index in [-0.39, 0.29) is 17.5 Å².